The molecule has 0 saturated carbocycles. The first kappa shape index (κ1) is 21.4. The van der Waals surface area contributed by atoms with Gasteiger partial charge in [0.1, 0.15) is 5.75 Å². The van der Waals surface area contributed by atoms with Gasteiger partial charge in [-0.25, -0.2) is 0 Å². The molecule has 0 spiro atoms. The lowest BCUT2D eigenvalue weighted by Crippen LogP contribution is -2.36. The summed E-state index contributed by atoms with van der Waals surface area (Å²) in [5, 5.41) is 5.65. The van der Waals surface area contributed by atoms with Crippen molar-refractivity contribution in [2.45, 2.75) is 0 Å². The minimum absolute atomic E-state index is 0.207. The SMILES string of the molecule is O=C(COc1ccccc1C(=O)Nc1ccccc1)Nc1ccc(N2CCOCC2)cc1. The van der Waals surface area contributed by atoms with Gasteiger partial charge in [0.2, 0.25) is 0 Å². The van der Waals surface area contributed by atoms with Gasteiger partial charge in [-0.15, -0.1) is 0 Å². The lowest BCUT2D eigenvalue weighted by Gasteiger charge is -2.28. The minimum atomic E-state index is -0.303. The van der Waals surface area contributed by atoms with Crippen molar-refractivity contribution in [1.29, 1.82) is 0 Å². The summed E-state index contributed by atoms with van der Waals surface area (Å²) in [7, 11) is 0. The average molecular weight is 431 g/mol. The first-order valence-corrected chi connectivity index (χ1v) is 10.5. The third-order valence-electron chi connectivity index (χ3n) is 5.05. The molecule has 3 aromatic carbocycles. The van der Waals surface area contributed by atoms with Crippen molar-refractivity contribution in [2.24, 2.45) is 0 Å². The Kier molecular flexibility index (Phi) is 6.99. The minimum Gasteiger partial charge on any atom is -0.483 e. The second-order valence-electron chi connectivity index (χ2n) is 7.30. The molecular formula is C25H25N3O4. The number of hydrogen-bond donors (Lipinski definition) is 2. The highest BCUT2D eigenvalue weighted by molar-refractivity contribution is 6.06. The van der Waals surface area contributed by atoms with Crippen LogP contribution in [0.3, 0.4) is 0 Å². The van der Waals surface area contributed by atoms with E-state index in [4.69, 9.17) is 9.47 Å². The lowest BCUT2D eigenvalue weighted by molar-refractivity contribution is -0.118. The van der Waals surface area contributed by atoms with Gasteiger partial charge in [-0.2, -0.15) is 0 Å². The highest BCUT2D eigenvalue weighted by Gasteiger charge is 2.14. The molecule has 7 nitrogen and oxygen atoms in total. The normalized spacial score (nSPS) is 13.3. The standard InChI is InChI=1S/C25H25N3O4/c29-24(26-20-10-12-21(13-11-20)28-14-16-31-17-15-28)18-32-23-9-5-4-8-22(23)25(30)27-19-6-2-1-3-7-19/h1-13H,14-18H2,(H,26,29)(H,27,30). The van der Waals surface area contributed by atoms with Crippen molar-refractivity contribution < 1.29 is 19.1 Å². The average Bonchev–Trinajstić information content (AvgIpc) is 2.84. The highest BCUT2D eigenvalue weighted by Crippen LogP contribution is 2.21. The van der Waals surface area contributed by atoms with E-state index < -0.39 is 0 Å². The molecule has 164 valence electrons. The fourth-order valence-electron chi connectivity index (χ4n) is 3.42. The monoisotopic (exact) mass is 431 g/mol. The van der Waals surface area contributed by atoms with E-state index in [0.29, 0.717) is 22.7 Å². The largest absolute Gasteiger partial charge is 0.483 e. The quantitative estimate of drug-likeness (QED) is 0.595. The smallest absolute Gasteiger partial charge is 0.262 e. The second kappa shape index (κ2) is 10.5. The van der Waals surface area contributed by atoms with E-state index in [2.05, 4.69) is 15.5 Å². The van der Waals surface area contributed by atoms with Crippen molar-refractivity contribution in [3.05, 3.63) is 84.4 Å². The summed E-state index contributed by atoms with van der Waals surface area (Å²) in [6, 6.07) is 23.7. The van der Waals surface area contributed by atoms with Crippen molar-refractivity contribution in [1.82, 2.24) is 0 Å². The van der Waals surface area contributed by atoms with Gasteiger partial charge < -0.3 is 25.0 Å². The molecule has 0 aromatic heterocycles. The second-order valence-corrected chi connectivity index (χ2v) is 7.30. The number of ether oxygens (including phenoxy) is 2. The Morgan fingerprint density at radius 1 is 0.812 bits per heavy atom. The molecule has 1 aliphatic rings. The molecule has 1 saturated heterocycles. The van der Waals surface area contributed by atoms with E-state index in [-0.39, 0.29) is 18.4 Å². The van der Waals surface area contributed by atoms with Gasteiger partial charge in [0, 0.05) is 30.2 Å². The maximum Gasteiger partial charge on any atom is 0.262 e. The maximum atomic E-state index is 12.6. The first-order chi connectivity index (χ1) is 15.7. The Labute approximate surface area is 187 Å². The van der Waals surface area contributed by atoms with E-state index in [9.17, 15) is 9.59 Å². The van der Waals surface area contributed by atoms with Crippen LogP contribution in [0.5, 0.6) is 5.75 Å². The predicted octanol–water partition coefficient (Wildman–Crippen LogP) is 3.79. The highest BCUT2D eigenvalue weighted by atomic mass is 16.5. The van der Waals surface area contributed by atoms with E-state index in [1.807, 2.05) is 42.5 Å². The molecule has 0 unspecified atom stereocenters. The van der Waals surface area contributed by atoms with Gasteiger partial charge >= 0.3 is 0 Å². The van der Waals surface area contributed by atoms with Crippen LogP contribution in [0.1, 0.15) is 10.4 Å². The summed E-state index contributed by atoms with van der Waals surface area (Å²) in [6.45, 7) is 2.95. The van der Waals surface area contributed by atoms with Gasteiger partial charge in [-0.05, 0) is 48.5 Å². The molecule has 0 atom stereocenters. The van der Waals surface area contributed by atoms with Crippen molar-refractivity contribution >= 4 is 28.9 Å². The molecule has 32 heavy (non-hydrogen) atoms. The topological polar surface area (TPSA) is 79.9 Å². The zero-order chi connectivity index (χ0) is 22.2. The van der Waals surface area contributed by atoms with Crippen molar-refractivity contribution in [2.75, 3.05) is 48.4 Å². The molecule has 2 N–H and O–H groups in total. The number of amides is 2. The van der Waals surface area contributed by atoms with Crippen LogP contribution in [-0.2, 0) is 9.53 Å². The molecule has 3 aromatic rings. The number of carbonyl (C=O) groups is 2. The van der Waals surface area contributed by atoms with Crippen LogP contribution >= 0.6 is 0 Å². The molecule has 1 heterocycles. The maximum absolute atomic E-state index is 12.6. The number of nitrogens with one attached hydrogen (secondary N) is 2. The zero-order valence-corrected chi connectivity index (χ0v) is 17.6. The Morgan fingerprint density at radius 2 is 1.47 bits per heavy atom. The number of nitrogens with zero attached hydrogens (tertiary/aromatic N) is 1. The predicted molar refractivity (Wildman–Crippen MR) is 124 cm³/mol. The van der Waals surface area contributed by atoms with Crippen LogP contribution < -0.4 is 20.3 Å². The molecule has 2 amide bonds. The summed E-state index contributed by atoms with van der Waals surface area (Å²) < 4.78 is 11.0. The van der Waals surface area contributed by atoms with Crippen LogP contribution in [0.2, 0.25) is 0 Å². The lowest BCUT2D eigenvalue weighted by atomic mass is 10.2. The molecule has 4 rings (SSSR count). The fraction of sp³-hybridized carbons (Fsp3) is 0.200. The fourth-order valence-corrected chi connectivity index (χ4v) is 3.42. The van der Waals surface area contributed by atoms with Crippen LogP contribution in [0.15, 0.2) is 78.9 Å². The van der Waals surface area contributed by atoms with E-state index >= 15 is 0 Å². The molecule has 1 aliphatic heterocycles. The molecule has 0 aliphatic carbocycles. The summed E-state index contributed by atoms with van der Waals surface area (Å²) in [5.74, 6) is -0.257. The third-order valence-corrected chi connectivity index (χ3v) is 5.05. The molecular weight excluding hydrogens is 406 g/mol. The Bertz CT molecular complexity index is 1050. The zero-order valence-electron chi connectivity index (χ0n) is 17.6. The van der Waals surface area contributed by atoms with Crippen LogP contribution in [0, 0.1) is 0 Å². The molecule has 0 radical (unpaired) electrons. The number of carbonyl (C=O) groups excluding carboxylic acids is 2. The summed E-state index contributed by atoms with van der Waals surface area (Å²) in [4.78, 5) is 27.3. The van der Waals surface area contributed by atoms with Crippen molar-refractivity contribution in [3.8, 4) is 5.75 Å². The van der Waals surface area contributed by atoms with Gasteiger partial charge in [0.05, 0.1) is 18.8 Å². The number of hydrogen-bond acceptors (Lipinski definition) is 5. The number of anilines is 3. The van der Waals surface area contributed by atoms with Gasteiger partial charge in [-0.1, -0.05) is 30.3 Å². The van der Waals surface area contributed by atoms with E-state index in [0.717, 1.165) is 32.0 Å². The Morgan fingerprint density at radius 3 is 2.22 bits per heavy atom. The number of morpholine rings is 1. The molecule has 0 bridgehead atoms. The van der Waals surface area contributed by atoms with Gasteiger partial charge in [0.25, 0.3) is 11.8 Å². The van der Waals surface area contributed by atoms with Crippen LogP contribution in [0.25, 0.3) is 0 Å². The Balaban J connectivity index is 1.32. The first-order valence-electron chi connectivity index (χ1n) is 10.5. The summed E-state index contributed by atoms with van der Waals surface area (Å²) in [5.41, 5.74) is 2.83. The van der Waals surface area contributed by atoms with Gasteiger partial charge in [0.15, 0.2) is 6.61 Å². The number of benzene rings is 3. The molecule has 1 fully saturated rings. The molecule has 7 heteroatoms. The third kappa shape index (κ3) is 5.65. The summed E-state index contributed by atoms with van der Waals surface area (Å²) in [6.07, 6.45) is 0. The van der Waals surface area contributed by atoms with Crippen LogP contribution in [0.4, 0.5) is 17.1 Å². The number of rotatable bonds is 7. The van der Waals surface area contributed by atoms with Crippen LogP contribution in [-0.4, -0.2) is 44.7 Å². The van der Waals surface area contributed by atoms with Crippen molar-refractivity contribution in [3.63, 3.8) is 0 Å². The van der Waals surface area contributed by atoms with E-state index in [1.54, 1.807) is 36.4 Å². The Hall–Kier alpha value is -3.84. The van der Waals surface area contributed by atoms with E-state index in [1.165, 1.54) is 0 Å². The van der Waals surface area contributed by atoms with Gasteiger partial charge in [-0.3, -0.25) is 9.59 Å². The number of para-hydroxylation sites is 2. The summed E-state index contributed by atoms with van der Waals surface area (Å²) >= 11 is 0.